The molecule has 0 aliphatic carbocycles. The van der Waals surface area contributed by atoms with Crippen LogP contribution < -0.4 is 4.74 Å². The van der Waals surface area contributed by atoms with Gasteiger partial charge in [0.25, 0.3) is 5.78 Å². The van der Waals surface area contributed by atoms with Crippen LogP contribution in [0.3, 0.4) is 0 Å². The van der Waals surface area contributed by atoms with Crippen molar-refractivity contribution in [3.63, 3.8) is 0 Å². The molecular formula is C22H20N6O2. The highest BCUT2D eigenvalue weighted by molar-refractivity contribution is 5.77. The van der Waals surface area contributed by atoms with E-state index >= 15 is 0 Å². The van der Waals surface area contributed by atoms with E-state index in [2.05, 4.69) is 25.0 Å². The Hall–Kier alpha value is -3.81. The van der Waals surface area contributed by atoms with Gasteiger partial charge in [0.1, 0.15) is 29.6 Å². The van der Waals surface area contributed by atoms with Crippen LogP contribution in [0.1, 0.15) is 28.8 Å². The van der Waals surface area contributed by atoms with Crippen LogP contribution in [0.25, 0.3) is 16.7 Å². The van der Waals surface area contributed by atoms with E-state index in [-0.39, 0.29) is 6.61 Å². The van der Waals surface area contributed by atoms with Gasteiger partial charge in [-0.15, -0.1) is 5.10 Å². The first-order chi connectivity index (χ1) is 14.6. The number of hydrogen-bond donors (Lipinski definition) is 0. The van der Waals surface area contributed by atoms with Gasteiger partial charge in [-0.05, 0) is 38.5 Å². The number of benzene rings is 1. The van der Waals surface area contributed by atoms with Crippen LogP contribution >= 0.6 is 0 Å². The van der Waals surface area contributed by atoms with Crippen LogP contribution in [0, 0.1) is 13.8 Å². The first-order valence-corrected chi connectivity index (χ1v) is 9.76. The van der Waals surface area contributed by atoms with E-state index < -0.39 is 0 Å². The molecule has 0 N–H and O–H groups in total. The normalized spacial score (nSPS) is 11.4. The molecule has 0 bridgehead atoms. The van der Waals surface area contributed by atoms with Crippen LogP contribution in [0.2, 0.25) is 0 Å². The van der Waals surface area contributed by atoms with Crippen molar-refractivity contribution in [3.05, 3.63) is 77.5 Å². The molecule has 0 spiro atoms. The lowest BCUT2D eigenvalue weighted by Gasteiger charge is -2.08. The second kappa shape index (κ2) is 7.55. The number of rotatable bonds is 6. The van der Waals surface area contributed by atoms with Crippen molar-refractivity contribution in [3.8, 4) is 5.88 Å². The summed E-state index contributed by atoms with van der Waals surface area (Å²) in [5, 5.41) is 5.45. The Balaban J connectivity index is 1.39. The monoisotopic (exact) mass is 400 g/mol. The van der Waals surface area contributed by atoms with Crippen LogP contribution in [-0.4, -0.2) is 29.5 Å². The van der Waals surface area contributed by atoms with Crippen molar-refractivity contribution in [1.82, 2.24) is 29.5 Å². The third-order valence-corrected chi connectivity index (χ3v) is 4.73. The molecule has 8 nitrogen and oxygen atoms in total. The van der Waals surface area contributed by atoms with E-state index in [1.165, 1.54) is 0 Å². The molecule has 0 atom stereocenters. The lowest BCUT2D eigenvalue weighted by Crippen LogP contribution is -2.06. The van der Waals surface area contributed by atoms with Gasteiger partial charge in [0, 0.05) is 29.8 Å². The molecule has 0 aliphatic rings. The van der Waals surface area contributed by atoms with Crippen LogP contribution in [0.5, 0.6) is 5.88 Å². The smallest absolute Gasteiger partial charge is 0.255 e. The summed E-state index contributed by atoms with van der Waals surface area (Å²) in [5.74, 6) is 3.25. The van der Waals surface area contributed by atoms with E-state index in [4.69, 9.17) is 9.15 Å². The summed E-state index contributed by atoms with van der Waals surface area (Å²) in [4.78, 5) is 17.8. The topological polar surface area (TPSA) is 91.2 Å². The Morgan fingerprint density at radius 2 is 1.90 bits per heavy atom. The molecule has 0 radical (unpaired) electrons. The van der Waals surface area contributed by atoms with E-state index in [0.29, 0.717) is 30.3 Å². The zero-order chi connectivity index (χ0) is 20.5. The fraction of sp³-hybridized carbons (Fsp3) is 0.227. The van der Waals surface area contributed by atoms with Gasteiger partial charge in [-0.1, -0.05) is 18.2 Å². The lowest BCUT2D eigenvalue weighted by atomic mass is 10.2. The van der Waals surface area contributed by atoms with E-state index in [0.717, 1.165) is 33.9 Å². The minimum absolute atomic E-state index is 0.285. The molecule has 4 aromatic heterocycles. The molecule has 0 amide bonds. The largest absolute Gasteiger partial charge is 0.469 e. The molecule has 0 saturated heterocycles. The van der Waals surface area contributed by atoms with Gasteiger partial charge < -0.3 is 9.15 Å². The van der Waals surface area contributed by atoms with Crippen molar-refractivity contribution in [2.45, 2.75) is 33.3 Å². The minimum atomic E-state index is 0.285. The summed E-state index contributed by atoms with van der Waals surface area (Å²) < 4.78 is 13.5. The van der Waals surface area contributed by atoms with Crippen molar-refractivity contribution in [2.24, 2.45) is 0 Å². The first kappa shape index (κ1) is 18.2. The quantitative estimate of drug-likeness (QED) is 0.430. The molecule has 5 aromatic rings. The maximum absolute atomic E-state index is 6.06. The van der Waals surface area contributed by atoms with Gasteiger partial charge in [-0.2, -0.15) is 9.50 Å². The Morgan fingerprint density at radius 1 is 1.00 bits per heavy atom. The van der Waals surface area contributed by atoms with Crippen LogP contribution in [0.15, 0.2) is 53.1 Å². The molecule has 0 aliphatic heterocycles. The fourth-order valence-corrected chi connectivity index (χ4v) is 3.33. The van der Waals surface area contributed by atoms with Crippen molar-refractivity contribution in [2.75, 3.05) is 0 Å². The van der Waals surface area contributed by atoms with Crippen molar-refractivity contribution >= 4 is 16.7 Å². The predicted octanol–water partition coefficient (Wildman–Crippen LogP) is 3.64. The maximum atomic E-state index is 6.06. The standard InChI is InChI=1S/C22H20N6O2/c1-14-9-10-23-20(24-14)8-7-17-12-21(28-22(26-17)25-15(2)27-28)29-13-18-11-16-5-3-4-6-19(16)30-18/h3-6,9-12H,7-8,13H2,1-2H3. The summed E-state index contributed by atoms with van der Waals surface area (Å²) in [6, 6.07) is 13.6. The zero-order valence-electron chi connectivity index (χ0n) is 16.7. The SMILES string of the molecule is Cc1ccnc(CCc2cc(OCc3cc4ccccc4o3)n3nc(C)nc3n2)n1. The van der Waals surface area contributed by atoms with Gasteiger partial charge in [0.15, 0.2) is 0 Å². The number of furan rings is 1. The second-order valence-corrected chi connectivity index (χ2v) is 7.11. The highest BCUT2D eigenvalue weighted by Gasteiger charge is 2.13. The molecule has 1 aromatic carbocycles. The van der Waals surface area contributed by atoms with Gasteiger partial charge in [0.05, 0.1) is 5.69 Å². The Labute approximate surface area is 172 Å². The summed E-state index contributed by atoms with van der Waals surface area (Å²) in [6.07, 6.45) is 3.13. The molecular weight excluding hydrogens is 380 g/mol. The summed E-state index contributed by atoms with van der Waals surface area (Å²) in [6.45, 7) is 4.07. The molecule has 8 heteroatoms. The second-order valence-electron chi connectivity index (χ2n) is 7.11. The summed E-state index contributed by atoms with van der Waals surface area (Å²) >= 11 is 0. The number of aromatic nitrogens is 6. The molecule has 4 heterocycles. The first-order valence-electron chi connectivity index (χ1n) is 9.76. The molecule has 5 rings (SSSR count). The average molecular weight is 400 g/mol. The Kier molecular flexibility index (Phi) is 4.59. The van der Waals surface area contributed by atoms with Gasteiger partial charge >= 0.3 is 0 Å². The lowest BCUT2D eigenvalue weighted by molar-refractivity contribution is 0.257. The number of fused-ring (bicyclic) bond motifs is 2. The van der Waals surface area contributed by atoms with Crippen LogP contribution in [-0.2, 0) is 19.4 Å². The molecule has 30 heavy (non-hydrogen) atoms. The summed E-state index contributed by atoms with van der Waals surface area (Å²) in [7, 11) is 0. The van der Waals surface area contributed by atoms with E-state index in [1.54, 1.807) is 10.7 Å². The number of hydrogen-bond acceptors (Lipinski definition) is 7. The number of ether oxygens (including phenoxy) is 1. The van der Waals surface area contributed by atoms with Crippen molar-refractivity contribution in [1.29, 1.82) is 0 Å². The predicted molar refractivity (Wildman–Crippen MR) is 110 cm³/mol. The van der Waals surface area contributed by atoms with Gasteiger partial charge in [-0.3, -0.25) is 0 Å². The Morgan fingerprint density at radius 3 is 2.77 bits per heavy atom. The molecule has 0 saturated carbocycles. The Bertz CT molecular complexity index is 1310. The molecule has 150 valence electrons. The fourth-order valence-electron chi connectivity index (χ4n) is 3.33. The summed E-state index contributed by atoms with van der Waals surface area (Å²) in [5.41, 5.74) is 2.64. The maximum Gasteiger partial charge on any atom is 0.255 e. The number of nitrogens with zero attached hydrogens (tertiary/aromatic N) is 6. The highest BCUT2D eigenvalue weighted by atomic mass is 16.5. The third kappa shape index (κ3) is 3.71. The molecule has 0 fully saturated rings. The molecule has 0 unspecified atom stereocenters. The van der Waals surface area contributed by atoms with Crippen molar-refractivity contribution < 1.29 is 9.15 Å². The van der Waals surface area contributed by atoms with E-state index in [9.17, 15) is 0 Å². The number of aryl methyl sites for hydroxylation is 4. The van der Waals surface area contributed by atoms with Gasteiger partial charge in [-0.25, -0.2) is 15.0 Å². The van der Waals surface area contributed by atoms with Gasteiger partial charge in [0.2, 0.25) is 5.88 Å². The zero-order valence-corrected chi connectivity index (χ0v) is 16.7. The van der Waals surface area contributed by atoms with Crippen LogP contribution in [0.4, 0.5) is 0 Å². The third-order valence-electron chi connectivity index (χ3n) is 4.73. The average Bonchev–Trinajstić information content (AvgIpc) is 3.32. The highest BCUT2D eigenvalue weighted by Crippen LogP contribution is 2.21. The van der Waals surface area contributed by atoms with E-state index in [1.807, 2.05) is 56.3 Å². The minimum Gasteiger partial charge on any atom is -0.469 e. The number of para-hydroxylation sites is 1.